The molecule has 0 radical (unpaired) electrons. The average molecular weight is 439 g/mol. The van der Waals surface area contributed by atoms with Crippen molar-refractivity contribution in [2.24, 2.45) is 5.73 Å². The molecule has 0 atom stereocenters. The summed E-state index contributed by atoms with van der Waals surface area (Å²) in [6.45, 7) is 7.04. The summed E-state index contributed by atoms with van der Waals surface area (Å²) < 4.78 is 5.43. The van der Waals surface area contributed by atoms with Gasteiger partial charge in [0.15, 0.2) is 0 Å². The molecule has 1 aliphatic heterocycles. The second kappa shape index (κ2) is 10.3. The molecule has 10 nitrogen and oxygen atoms in total. The second-order valence-electron chi connectivity index (χ2n) is 7.63. The Balaban J connectivity index is 1.40. The van der Waals surface area contributed by atoms with E-state index in [1.165, 1.54) is 0 Å². The van der Waals surface area contributed by atoms with E-state index in [4.69, 9.17) is 10.5 Å². The van der Waals surface area contributed by atoms with Crippen LogP contribution in [0, 0.1) is 0 Å². The Morgan fingerprint density at radius 3 is 2.62 bits per heavy atom. The number of carbonyl (C=O) groups is 1. The van der Waals surface area contributed by atoms with Crippen molar-refractivity contribution < 1.29 is 9.53 Å². The van der Waals surface area contributed by atoms with E-state index in [2.05, 4.69) is 42.6 Å². The van der Waals surface area contributed by atoms with E-state index in [0.29, 0.717) is 32.3 Å². The van der Waals surface area contributed by atoms with Crippen molar-refractivity contribution in [2.45, 2.75) is 6.92 Å². The van der Waals surface area contributed by atoms with Crippen LogP contribution in [-0.4, -0.2) is 78.2 Å². The Morgan fingerprint density at radius 2 is 1.91 bits per heavy atom. The topological polar surface area (TPSA) is 124 Å². The molecular formula is C22H30N8O2. The van der Waals surface area contributed by atoms with Crippen LogP contribution >= 0.6 is 0 Å². The fraction of sp³-hybridized carbons (Fsp3) is 0.409. The summed E-state index contributed by atoms with van der Waals surface area (Å²) in [6.07, 6.45) is 1.85. The number of benzene rings is 1. The molecule has 2 aromatic heterocycles. The number of ether oxygens (including phenoxy) is 1. The van der Waals surface area contributed by atoms with Crippen LogP contribution in [0.4, 0.5) is 23.1 Å². The molecule has 0 bridgehead atoms. The zero-order valence-electron chi connectivity index (χ0n) is 18.3. The Hall–Kier alpha value is -3.37. The molecule has 1 aliphatic rings. The number of rotatable bonds is 9. The molecular weight excluding hydrogens is 408 g/mol. The first kappa shape index (κ1) is 21.8. The highest BCUT2D eigenvalue weighted by Crippen LogP contribution is 2.24. The van der Waals surface area contributed by atoms with Crippen molar-refractivity contribution in [1.29, 1.82) is 0 Å². The zero-order chi connectivity index (χ0) is 22.3. The summed E-state index contributed by atoms with van der Waals surface area (Å²) in [7, 11) is 0. The van der Waals surface area contributed by atoms with Gasteiger partial charge in [-0.15, -0.1) is 0 Å². The number of nitrogens with one attached hydrogen (secondary N) is 3. The molecule has 1 saturated heterocycles. The summed E-state index contributed by atoms with van der Waals surface area (Å²) in [6, 6.07) is 10.1. The number of H-pyrrole nitrogens is 1. The number of carbonyl (C=O) groups excluding carboxylic acids is 1. The Bertz CT molecular complexity index is 1030. The van der Waals surface area contributed by atoms with Crippen LogP contribution < -0.4 is 21.3 Å². The van der Waals surface area contributed by atoms with Crippen LogP contribution in [0.15, 0.2) is 36.5 Å². The van der Waals surface area contributed by atoms with Crippen molar-refractivity contribution in [3.63, 3.8) is 0 Å². The van der Waals surface area contributed by atoms with Gasteiger partial charge in [0, 0.05) is 63.8 Å². The van der Waals surface area contributed by atoms with Gasteiger partial charge in [0.25, 0.3) is 0 Å². The van der Waals surface area contributed by atoms with Crippen molar-refractivity contribution in [3.8, 4) is 0 Å². The fourth-order valence-electron chi connectivity index (χ4n) is 3.72. The quantitative estimate of drug-likeness (QED) is 0.373. The molecule has 1 aromatic carbocycles. The van der Waals surface area contributed by atoms with Crippen LogP contribution in [-0.2, 0) is 9.53 Å². The molecule has 170 valence electrons. The highest BCUT2D eigenvalue weighted by molar-refractivity contribution is 5.88. The summed E-state index contributed by atoms with van der Waals surface area (Å²) in [5.41, 5.74) is 8.25. The number of fused-ring (bicyclic) bond motifs is 1. The number of nitrogens with zero attached hydrogens (tertiary/aromatic N) is 4. The predicted molar refractivity (Wildman–Crippen MR) is 126 cm³/mol. The van der Waals surface area contributed by atoms with Crippen molar-refractivity contribution >= 4 is 40.1 Å². The minimum Gasteiger partial charge on any atom is -0.378 e. The summed E-state index contributed by atoms with van der Waals surface area (Å²) in [5.74, 6) is 1.39. The van der Waals surface area contributed by atoms with Crippen molar-refractivity contribution in [1.82, 2.24) is 19.9 Å². The molecule has 5 N–H and O–H groups in total. The SMILES string of the molecule is CC(=O)N1CCN(c2ccc(Nc3nc(NCCOCCN)c4cc[nH]c4n3)cc2)CC1. The van der Waals surface area contributed by atoms with Gasteiger partial charge in [-0.05, 0) is 30.3 Å². The van der Waals surface area contributed by atoms with Crippen LogP contribution in [0.2, 0.25) is 0 Å². The predicted octanol–water partition coefficient (Wildman–Crippen LogP) is 1.76. The fourth-order valence-corrected chi connectivity index (χ4v) is 3.72. The maximum atomic E-state index is 11.5. The largest absolute Gasteiger partial charge is 0.378 e. The molecule has 0 saturated carbocycles. The first-order valence-corrected chi connectivity index (χ1v) is 10.9. The van der Waals surface area contributed by atoms with Crippen LogP contribution in [0.3, 0.4) is 0 Å². The molecule has 32 heavy (non-hydrogen) atoms. The third kappa shape index (κ3) is 5.27. The van der Waals surface area contributed by atoms with E-state index in [9.17, 15) is 4.79 Å². The lowest BCUT2D eigenvalue weighted by atomic mass is 10.2. The first-order valence-electron chi connectivity index (χ1n) is 10.9. The second-order valence-corrected chi connectivity index (χ2v) is 7.63. The number of nitrogens with two attached hydrogens (primary N) is 1. The smallest absolute Gasteiger partial charge is 0.231 e. The maximum Gasteiger partial charge on any atom is 0.231 e. The highest BCUT2D eigenvalue weighted by Gasteiger charge is 2.18. The van der Waals surface area contributed by atoms with Gasteiger partial charge in [0.2, 0.25) is 11.9 Å². The van der Waals surface area contributed by atoms with E-state index in [-0.39, 0.29) is 5.91 Å². The molecule has 3 aromatic rings. The lowest BCUT2D eigenvalue weighted by Crippen LogP contribution is -2.48. The highest BCUT2D eigenvalue weighted by atomic mass is 16.5. The van der Waals surface area contributed by atoms with Gasteiger partial charge in [0.1, 0.15) is 11.5 Å². The number of hydrogen-bond donors (Lipinski definition) is 4. The number of anilines is 4. The van der Waals surface area contributed by atoms with Gasteiger partial charge < -0.3 is 35.9 Å². The molecule has 0 spiro atoms. The Labute approximate surface area is 187 Å². The lowest BCUT2D eigenvalue weighted by Gasteiger charge is -2.35. The van der Waals surface area contributed by atoms with Crippen LogP contribution in [0.25, 0.3) is 11.0 Å². The van der Waals surface area contributed by atoms with E-state index in [1.54, 1.807) is 6.92 Å². The molecule has 0 aliphatic carbocycles. The standard InChI is InChI=1S/C22H30N8O2/c1-16(31)29-10-12-30(13-11-29)18-4-2-17(3-5-18)26-22-27-20-19(6-8-24-20)21(28-22)25-9-15-32-14-7-23/h2-6,8H,7,9-15,23H2,1H3,(H3,24,25,26,27,28). The maximum absolute atomic E-state index is 11.5. The number of amides is 1. The summed E-state index contributed by atoms with van der Waals surface area (Å²) in [5, 5.41) is 7.52. The van der Waals surface area contributed by atoms with E-state index in [1.807, 2.05) is 29.3 Å². The van der Waals surface area contributed by atoms with Gasteiger partial charge in [0.05, 0.1) is 18.6 Å². The zero-order valence-corrected chi connectivity index (χ0v) is 18.3. The minimum absolute atomic E-state index is 0.139. The average Bonchev–Trinajstić information content (AvgIpc) is 3.28. The number of piperazine rings is 1. The molecule has 1 amide bonds. The van der Waals surface area contributed by atoms with Gasteiger partial charge in [-0.2, -0.15) is 9.97 Å². The van der Waals surface area contributed by atoms with Crippen LogP contribution in [0.1, 0.15) is 6.92 Å². The first-order chi connectivity index (χ1) is 15.6. The lowest BCUT2D eigenvalue weighted by molar-refractivity contribution is -0.129. The third-order valence-electron chi connectivity index (χ3n) is 5.43. The van der Waals surface area contributed by atoms with Gasteiger partial charge in [-0.25, -0.2) is 0 Å². The van der Waals surface area contributed by atoms with Gasteiger partial charge in [-0.3, -0.25) is 4.79 Å². The number of aromatic nitrogens is 3. The number of aromatic amines is 1. The Kier molecular flexibility index (Phi) is 7.03. The van der Waals surface area contributed by atoms with E-state index in [0.717, 1.165) is 54.4 Å². The van der Waals surface area contributed by atoms with Crippen LogP contribution in [0.5, 0.6) is 0 Å². The van der Waals surface area contributed by atoms with Crippen molar-refractivity contribution in [2.75, 3.05) is 68.0 Å². The van der Waals surface area contributed by atoms with Gasteiger partial charge in [-0.1, -0.05) is 0 Å². The molecule has 0 unspecified atom stereocenters. The van der Waals surface area contributed by atoms with Gasteiger partial charge >= 0.3 is 0 Å². The number of hydrogen-bond acceptors (Lipinski definition) is 8. The summed E-state index contributed by atoms with van der Waals surface area (Å²) >= 11 is 0. The molecule has 10 heteroatoms. The van der Waals surface area contributed by atoms with E-state index >= 15 is 0 Å². The normalized spacial score (nSPS) is 14.1. The third-order valence-corrected chi connectivity index (χ3v) is 5.43. The monoisotopic (exact) mass is 438 g/mol. The molecule has 4 rings (SSSR count). The van der Waals surface area contributed by atoms with Crippen molar-refractivity contribution in [3.05, 3.63) is 36.5 Å². The molecule has 3 heterocycles. The summed E-state index contributed by atoms with van der Waals surface area (Å²) in [4.78, 5) is 28.1. The Morgan fingerprint density at radius 1 is 1.12 bits per heavy atom. The molecule has 1 fully saturated rings. The van der Waals surface area contributed by atoms with E-state index < -0.39 is 0 Å². The minimum atomic E-state index is 0.139.